The number of hydrogen-bond acceptors (Lipinski definition) is 7. The van der Waals surface area contributed by atoms with E-state index in [9.17, 15) is 0 Å². The molecule has 4 aromatic rings. The highest BCUT2D eigenvalue weighted by Crippen LogP contribution is 2.38. The number of fused-ring (bicyclic) bond motifs is 3. The maximum Gasteiger partial charge on any atom is 0.164 e. The van der Waals surface area contributed by atoms with Crippen LogP contribution < -0.4 is 10.6 Å². The van der Waals surface area contributed by atoms with Crippen molar-refractivity contribution in [3.05, 3.63) is 48.8 Å². The maximum atomic E-state index is 6.10. The number of morpholine rings is 1. The van der Waals surface area contributed by atoms with Crippen LogP contribution in [0.5, 0.6) is 0 Å². The molecule has 32 heavy (non-hydrogen) atoms. The number of anilines is 2. The van der Waals surface area contributed by atoms with Gasteiger partial charge in [-0.25, -0.2) is 14.6 Å². The van der Waals surface area contributed by atoms with Gasteiger partial charge in [-0.15, -0.1) is 0 Å². The Bertz CT molecular complexity index is 1260. The predicted octanol–water partition coefficient (Wildman–Crippen LogP) is 3.53. The minimum Gasteiger partial charge on any atom is -0.399 e. The molecular formula is C24H25N7O. The molecule has 2 aliphatic heterocycles. The number of pyridine rings is 1. The fraction of sp³-hybridized carbons (Fsp3) is 0.333. The summed E-state index contributed by atoms with van der Waals surface area (Å²) in [5, 5.41) is 5.90. The summed E-state index contributed by atoms with van der Waals surface area (Å²) in [5.41, 5.74) is 10.2. The predicted molar refractivity (Wildman–Crippen MR) is 124 cm³/mol. The average Bonchev–Trinajstić information content (AvgIpc) is 3.38. The van der Waals surface area contributed by atoms with Crippen molar-refractivity contribution in [3.8, 4) is 22.6 Å². The monoisotopic (exact) mass is 427 g/mol. The van der Waals surface area contributed by atoms with E-state index in [0.29, 0.717) is 12.4 Å². The summed E-state index contributed by atoms with van der Waals surface area (Å²) in [6, 6.07) is 11.7. The van der Waals surface area contributed by atoms with Crippen LogP contribution >= 0.6 is 0 Å². The van der Waals surface area contributed by atoms with Crippen LogP contribution in [0.3, 0.4) is 0 Å². The molecule has 2 saturated heterocycles. The molecule has 2 atom stereocenters. The molecule has 0 radical (unpaired) electrons. The van der Waals surface area contributed by atoms with Gasteiger partial charge in [0, 0.05) is 48.8 Å². The molecule has 8 nitrogen and oxygen atoms in total. The highest BCUT2D eigenvalue weighted by Gasteiger charge is 2.36. The Hall–Kier alpha value is -3.52. The van der Waals surface area contributed by atoms with E-state index in [2.05, 4.69) is 16.8 Å². The van der Waals surface area contributed by atoms with E-state index in [-0.39, 0.29) is 12.2 Å². The average molecular weight is 428 g/mol. The molecule has 0 spiro atoms. The van der Waals surface area contributed by atoms with Gasteiger partial charge in [0.15, 0.2) is 11.5 Å². The lowest BCUT2D eigenvalue weighted by atomic mass is 10.1. The van der Waals surface area contributed by atoms with Crippen molar-refractivity contribution < 1.29 is 4.74 Å². The Kier molecular flexibility index (Phi) is 4.53. The third-order valence-corrected chi connectivity index (χ3v) is 6.32. The van der Waals surface area contributed by atoms with Crippen LogP contribution in [0.25, 0.3) is 33.7 Å². The zero-order chi connectivity index (χ0) is 21.7. The van der Waals surface area contributed by atoms with Crippen molar-refractivity contribution in [2.24, 2.45) is 0 Å². The maximum absolute atomic E-state index is 6.10. The number of rotatable bonds is 4. The quantitative estimate of drug-likeness (QED) is 0.498. The van der Waals surface area contributed by atoms with Gasteiger partial charge in [-0.1, -0.05) is 0 Å². The number of hydrogen-bond donors (Lipinski definition) is 1. The molecule has 1 aromatic carbocycles. The van der Waals surface area contributed by atoms with Gasteiger partial charge in [-0.05, 0) is 56.2 Å². The standard InChI is InChI=1S/C24H25N7O/c1-2-31-24-20(21(29-31)16-4-3-11-26-12-16)23(30-13-18-9-10-19(14-30)32-18)27-22(28-24)15-5-7-17(25)8-6-15/h3-8,11-12,18-19H,2,9-10,13-14,25H2,1H3. The van der Waals surface area contributed by atoms with Crippen molar-refractivity contribution >= 4 is 22.5 Å². The summed E-state index contributed by atoms with van der Waals surface area (Å²) >= 11 is 0. The van der Waals surface area contributed by atoms with Crippen molar-refractivity contribution in [1.29, 1.82) is 0 Å². The van der Waals surface area contributed by atoms with Gasteiger partial charge in [0.05, 0.1) is 17.6 Å². The lowest BCUT2D eigenvalue weighted by Gasteiger charge is -2.33. The molecule has 6 rings (SSSR count). The highest BCUT2D eigenvalue weighted by atomic mass is 16.5. The van der Waals surface area contributed by atoms with Gasteiger partial charge in [0.2, 0.25) is 0 Å². The number of aryl methyl sites for hydroxylation is 1. The largest absolute Gasteiger partial charge is 0.399 e. The Labute approximate surface area is 186 Å². The minimum absolute atomic E-state index is 0.252. The van der Waals surface area contributed by atoms with Gasteiger partial charge in [0.25, 0.3) is 0 Å². The molecule has 2 aliphatic rings. The van der Waals surface area contributed by atoms with Crippen molar-refractivity contribution in [2.45, 2.75) is 38.5 Å². The van der Waals surface area contributed by atoms with Gasteiger partial charge in [0.1, 0.15) is 11.5 Å². The molecule has 0 aliphatic carbocycles. The van der Waals surface area contributed by atoms with Crippen molar-refractivity contribution in [2.75, 3.05) is 23.7 Å². The second-order valence-corrected chi connectivity index (χ2v) is 8.46. The van der Waals surface area contributed by atoms with Gasteiger partial charge >= 0.3 is 0 Å². The number of nitrogens with two attached hydrogens (primary N) is 1. The topological polar surface area (TPSA) is 95.0 Å². The third-order valence-electron chi connectivity index (χ3n) is 6.32. The van der Waals surface area contributed by atoms with E-state index < -0.39 is 0 Å². The molecule has 8 heteroatoms. The summed E-state index contributed by atoms with van der Waals surface area (Å²) in [4.78, 5) is 16.7. The fourth-order valence-electron chi connectivity index (χ4n) is 4.76. The summed E-state index contributed by atoms with van der Waals surface area (Å²) in [6.07, 6.45) is 6.33. The molecular weight excluding hydrogens is 402 g/mol. The van der Waals surface area contributed by atoms with Crippen molar-refractivity contribution in [1.82, 2.24) is 24.7 Å². The van der Waals surface area contributed by atoms with E-state index in [1.165, 1.54) is 0 Å². The molecule has 0 amide bonds. The van der Waals surface area contributed by atoms with Crippen LogP contribution in [0.15, 0.2) is 48.8 Å². The smallest absolute Gasteiger partial charge is 0.164 e. The first kappa shape index (κ1) is 19.2. The Morgan fingerprint density at radius 2 is 1.81 bits per heavy atom. The van der Waals surface area contributed by atoms with E-state index in [1.54, 1.807) is 6.20 Å². The molecule has 3 aromatic heterocycles. The summed E-state index contributed by atoms with van der Waals surface area (Å²) < 4.78 is 8.06. The van der Waals surface area contributed by atoms with Crippen LogP contribution in [0.1, 0.15) is 19.8 Å². The first-order valence-electron chi connectivity index (χ1n) is 11.1. The third kappa shape index (κ3) is 3.18. The van der Waals surface area contributed by atoms with Crippen molar-refractivity contribution in [3.63, 3.8) is 0 Å². The van der Waals surface area contributed by atoms with Gasteiger partial charge < -0.3 is 15.4 Å². The molecule has 5 heterocycles. The molecule has 0 saturated carbocycles. The van der Waals surface area contributed by atoms with Crippen LogP contribution in [0.2, 0.25) is 0 Å². The first-order chi connectivity index (χ1) is 15.7. The lowest BCUT2D eigenvalue weighted by molar-refractivity contribution is 0.0303. The summed E-state index contributed by atoms with van der Waals surface area (Å²) in [7, 11) is 0. The van der Waals surface area contributed by atoms with Gasteiger partial charge in [-0.2, -0.15) is 5.10 Å². The molecule has 2 N–H and O–H groups in total. The zero-order valence-corrected chi connectivity index (χ0v) is 18.0. The van der Waals surface area contributed by atoms with Crippen LogP contribution in [-0.2, 0) is 11.3 Å². The SMILES string of the molecule is CCn1nc(-c2cccnc2)c2c(N3CC4CCC(C3)O4)nc(-c3ccc(N)cc3)nc21. The number of benzene rings is 1. The Balaban J connectivity index is 1.60. The molecule has 2 fully saturated rings. The Morgan fingerprint density at radius 1 is 1.03 bits per heavy atom. The summed E-state index contributed by atoms with van der Waals surface area (Å²) in [5.74, 6) is 1.60. The number of ether oxygens (including phenoxy) is 1. The zero-order valence-electron chi connectivity index (χ0n) is 18.0. The fourth-order valence-corrected chi connectivity index (χ4v) is 4.76. The Morgan fingerprint density at radius 3 is 2.50 bits per heavy atom. The van der Waals surface area contributed by atoms with Crippen LogP contribution in [0, 0.1) is 0 Å². The van der Waals surface area contributed by atoms with E-state index >= 15 is 0 Å². The van der Waals surface area contributed by atoms with Crippen LogP contribution in [0.4, 0.5) is 11.5 Å². The lowest BCUT2D eigenvalue weighted by Crippen LogP contribution is -2.43. The number of aromatic nitrogens is 5. The number of nitrogen functional groups attached to an aromatic ring is 1. The second kappa shape index (κ2) is 7.56. The highest BCUT2D eigenvalue weighted by molar-refractivity contribution is 6.00. The number of nitrogens with zero attached hydrogens (tertiary/aromatic N) is 6. The molecule has 2 bridgehead atoms. The first-order valence-corrected chi connectivity index (χ1v) is 11.1. The molecule has 2 unspecified atom stereocenters. The van der Waals surface area contributed by atoms with Crippen LogP contribution in [-0.4, -0.2) is 50.0 Å². The van der Waals surface area contributed by atoms with Gasteiger partial charge in [-0.3, -0.25) is 4.98 Å². The second-order valence-electron chi connectivity index (χ2n) is 8.46. The van der Waals surface area contributed by atoms with E-state index in [1.807, 2.05) is 47.3 Å². The minimum atomic E-state index is 0.252. The normalized spacial score (nSPS) is 20.2. The summed E-state index contributed by atoms with van der Waals surface area (Å²) in [6.45, 7) is 4.45. The van der Waals surface area contributed by atoms with E-state index in [4.69, 9.17) is 25.5 Å². The molecule has 162 valence electrons. The van der Waals surface area contributed by atoms with E-state index in [0.717, 1.165) is 65.3 Å².